The Labute approximate surface area is 128 Å². The molecular formula is C17H16O5. The van der Waals surface area contributed by atoms with Crippen molar-refractivity contribution in [3.8, 4) is 5.75 Å². The van der Waals surface area contributed by atoms with Crippen molar-refractivity contribution in [3.63, 3.8) is 0 Å². The minimum Gasteiger partial charge on any atom is -0.451 e. The van der Waals surface area contributed by atoms with Gasteiger partial charge in [0.25, 0.3) is 5.79 Å². The summed E-state index contributed by atoms with van der Waals surface area (Å²) in [6, 6.07) is 15.4. The lowest BCUT2D eigenvalue weighted by atomic mass is 9.86. The lowest BCUT2D eigenvalue weighted by molar-refractivity contribution is -0.346. The summed E-state index contributed by atoms with van der Waals surface area (Å²) in [4.78, 5) is 12.8. The number of hydrogen-bond acceptors (Lipinski definition) is 5. The van der Waals surface area contributed by atoms with E-state index >= 15 is 0 Å². The van der Waals surface area contributed by atoms with Gasteiger partial charge in [0, 0.05) is 19.8 Å². The van der Waals surface area contributed by atoms with Crippen LogP contribution in [0.1, 0.15) is 15.9 Å². The summed E-state index contributed by atoms with van der Waals surface area (Å²) in [6.45, 7) is 0. The van der Waals surface area contributed by atoms with Crippen LogP contribution in [0.15, 0.2) is 54.6 Å². The predicted molar refractivity (Wildman–Crippen MR) is 78.5 cm³/mol. The molecule has 0 aromatic heterocycles. The van der Waals surface area contributed by atoms with Crippen molar-refractivity contribution in [1.82, 2.24) is 0 Å². The molecule has 1 N–H and O–H groups in total. The highest BCUT2D eigenvalue weighted by atomic mass is 16.8. The summed E-state index contributed by atoms with van der Waals surface area (Å²) in [6.07, 6.45) is 0. The highest BCUT2D eigenvalue weighted by molar-refractivity contribution is 6.05. The molecular weight excluding hydrogens is 284 g/mol. The molecule has 0 bridgehead atoms. The third-order valence-electron chi connectivity index (χ3n) is 3.88. The maximum absolute atomic E-state index is 12.8. The minimum absolute atomic E-state index is 0.246. The number of para-hydroxylation sites is 1. The molecule has 0 unspecified atom stereocenters. The number of fused-ring (bicyclic) bond motifs is 1. The number of benzene rings is 2. The van der Waals surface area contributed by atoms with Crippen LogP contribution in [-0.4, -0.2) is 30.9 Å². The normalized spacial score (nSPS) is 27.1. The maximum atomic E-state index is 12.8. The topological polar surface area (TPSA) is 65.0 Å². The molecule has 0 aliphatic carbocycles. The van der Waals surface area contributed by atoms with Gasteiger partial charge in [0.15, 0.2) is 0 Å². The Bertz CT molecular complexity index is 699. The first kappa shape index (κ1) is 14.7. The molecule has 0 radical (unpaired) electrons. The second kappa shape index (κ2) is 5.21. The molecule has 114 valence electrons. The molecule has 5 nitrogen and oxygen atoms in total. The van der Waals surface area contributed by atoms with Gasteiger partial charge in [-0.25, -0.2) is 0 Å². The summed E-state index contributed by atoms with van der Waals surface area (Å²) in [5.41, 5.74) is 0.722. The zero-order chi connectivity index (χ0) is 15.8. The molecule has 22 heavy (non-hydrogen) atoms. The summed E-state index contributed by atoms with van der Waals surface area (Å²) in [5.74, 6) is -4.35. The van der Waals surface area contributed by atoms with Gasteiger partial charge < -0.3 is 19.3 Å². The lowest BCUT2D eigenvalue weighted by Gasteiger charge is -2.46. The first-order chi connectivity index (χ1) is 10.6. The highest BCUT2D eigenvalue weighted by Crippen LogP contribution is 2.46. The fourth-order valence-corrected chi connectivity index (χ4v) is 2.74. The Balaban J connectivity index is 2.27. The van der Waals surface area contributed by atoms with E-state index in [1.54, 1.807) is 48.5 Å². The standard InChI is InChI=1S/C17H16O5/c1-20-16(19)15(18)13-10-6-7-11-14(13)22-17(16,21-2)12-8-4-3-5-9-12/h3-11,19H,1-2H3/t16-,17+/m0/s1. The third kappa shape index (κ3) is 1.80. The summed E-state index contributed by atoms with van der Waals surface area (Å²) in [5, 5.41) is 10.9. The van der Waals surface area contributed by atoms with Crippen LogP contribution < -0.4 is 4.74 Å². The van der Waals surface area contributed by atoms with Crippen LogP contribution in [0.25, 0.3) is 0 Å². The van der Waals surface area contributed by atoms with Gasteiger partial charge in [-0.1, -0.05) is 42.5 Å². The van der Waals surface area contributed by atoms with E-state index in [1.807, 2.05) is 6.07 Å². The second-order valence-electron chi connectivity index (χ2n) is 4.96. The third-order valence-corrected chi connectivity index (χ3v) is 3.88. The number of Topliss-reactive ketones (excluding diaryl/α,β-unsaturated/α-hetero) is 1. The van der Waals surface area contributed by atoms with E-state index in [1.165, 1.54) is 14.2 Å². The molecule has 0 amide bonds. The number of rotatable bonds is 3. The first-order valence-electron chi connectivity index (χ1n) is 6.80. The monoisotopic (exact) mass is 300 g/mol. The van der Waals surface area contributed by atoms with E-state index in [9.17, 15) is 9.90 Å². The van der Waals surface area contributed by atoms with Crippen molar-refractivity contribution in [3.05, 3.63) is 65.7 Å². The van der Waals surface area contributed by atoms with E-state index < -0.39 is 17.4 Å². The zero-order valence-corrected chi connectivity index (χ0v) is 12.3. The average Bonchev–Trinajstić information content (AvgIpc) is 2.59. The SMILES string of the molecule is CO[C@]1(c2ccccc2)Oc2ccccc2C(=O)[C@]1(O)OC. The van der Waals surface area contributed by atoms with Crippen LogP contribution >= 0.6 is 0 Å². The lowest BCUT2D eigenvalue weighted by Crippen LogP contribution is -2.64. The van der Waals surface area contributed by atoms with Gasteiger partial charge in [-0.15, -0.1) is 0 Å². The quantitative estimate of drug-likeness (QED) is 0.879. The molecule has 0 saturated heterocycles. The van der Waals surface area contributed by atoms with Crippen molar-refractivity contribution >= 4 is 5.78 Å². The van der Waals surface area contributed by atoms with Gasteiger partial charge in [-0.3, -0.25) is 4.79 Å². The van der Waals surface area contributed by atoms with Gasteiger partial charge >= 0.3 is 5.79 Å². The Morgan fingerprint density at radius 1 is 0.955 bits per heavy atom. The molecule has 2 atom stereocenters. The Hall–Kier alpha value is -2.21. The van der Waals surface area contributed by atoms with Gasteiger partial charge in [-0.05, 0) is 12.1 Å². The van der Waals surface area contributed by atoms with Crippen LogP contribution in [0.3, 0.4) is 0 Å². The van der Waals surface area contributed by atoms with Crippen LogP contribution in [0.5, 0.6) is 5.75 Å². The van der Waals surface area contributed by atoms with E-state index in [-0.39, 0.29) is 5.56 Å². The van der Waals surface area contributed by atoms with Crippen LogP contribution in [0.4, 0.5) is 0 Å². The average molecular weight is 300 g/mol. The Morgan fingerprint density at radius 3 is 2.23 bits per heavy atom. The van der Waals surface area contributed by atoms with Gasteiger partial charge in [0.2, 0.25) is 5.78 Å². The second-order valence-corrected chi connectivity index (χ2v) is 4.96. The predicted octanol–water partition coefficient (Wildman–Crippen LogP) is 2.10. The van der Waals surface area contributed by atoms with E-state index in [0.29, 0.717) is 11.3 Å². The highest BCUT2D eigenvalue weighted by Gasteiger charge is 2.64. The Morgan fingerprint density at radius 2 is 1.59 bits per heavy atom. The molecule has 2 aromatic carbocycles. The van der Waals surface area contributed by atoms with Gasteiger partial charge in [0.05, 0.1) is 5.56 Å². The minimum atomic E-state index is -2.29. The van der Waals surface area contributed by atoms with Crippen LogP contribution in [-0.2, 0) is 15.3 Å². The Kier molecular flexibility index (Phi) is 3.48. The van der Waals surface area contributed by atoms with Crippen molar-refractivity contribution in [1.29, 1.82) is 0 Å². The number of ether oxygens (including phenoxy) is 3. The van der Waals surface area contributed by atoms with E-state index in [2.05, 4.69) is 0 Å². The molecule has 1 aliphatic rings. The number of methoxy groups -OCH3 is 2. The molecule has 2 aromatic rings. The number of hydrogen-bond donors (Lipinski definition) is 1. The molecule has 5 heteroatoms. The summed E-state index contributed by atoms with van der Waals surface area (Å²) < 4.78 is 16.6. The molecule has 0 spiro atoms. The molecule has 3 rings (SSSR count). The fraction of sp³-hybridized carbons (Fsp3) is 0.235. The number of carbonyl (C=O) groups is 1. The van der Waals surface area contributed by atoms with Crippen LogP contribution in [0, 0.1) is 0 Å². The fourth-order valence-electron chi connectivity index (χ4n) is 2.74. The number of ketones is 1. The van der Waals surface area contributed by atoms with Crippen LogP contribution in [0.2, 0.25) is 0 Å². The zero-order valence-electron chi connectivity index (χ0n) is 12.3. The molecule has 1 aliphatic heterocycles. The summed E-state index contributed by atoms with van der Waals surface area (Å²) in [7, 11) is 2.60. The van der Waals surface area contributed by atoms with Crippen molar-refractivity contribution in [2.24, 2.45) is 0 Å². The van der Waals surface area contributed by atoms with E-state index in [0.717, 1.165) is 0 Å². The van der Waals surface area contributed by atoms with Crippen molar-refractivity contribution < 1.29 is 24.1 Å². The molecule has 0 saturated carbocycles. The molecule has 0 fully saturated rings. The summed E-state index contributed by atoms with van der Waals surface area (Å²) >= 11 is 0. The smallest absolute Gasteiger partial charge is 0.304 e. The van der Waals surface area contributed by atoms with Crippen molar-refractivity contribution in [2.75, 3.05) is 14.2 Å². The first-order valence-corrected chi connectivity index (χ1v) is 6.80. The number of carbonyl (C=O) groups excluding carboxylic acids is 1. The van der Waals surface area contributed by atoms with Gasteiger partial charge in [-0.2, -0.15) is 0 Å². The van der Waals surface area contributed by atoms with Crippen molar-refractivity contribution in [2.45, 2.75) is 11.6 Å². The molecule has 1 heterocycles. The number of aliphatic hydroxyl groups is 1. The van der Waals surface area contributed by atoms with Gasteiger partial charge in [0.1, 0.15) is 5.75 Å². The maximum Gasteiger partial charge on any atom is 0.304 e. The van der Waals surface area contributed by atoms with E-state index in [4.69, 9.17) is 14.2 Å². The largest absolute Gasteiger partial charge is 0.451 e.